The first kappa shape index (κ1) is 12.0. The number of carbonyl (C=O) groups is 1. The molecule has 0 aliphatic carbocycles. The summed E-state index contributed by atoms with van der Waals surface area (Å²) in [5.41, 5.74) is -0.102. The lowest BCUT2D eigenvalue weighted by molar-refractivity contribution is -0.385. The summed E-state index contributed by atoms with van der Waals surface area (Å²) in [5, 5.41) is 10.6. The Morgan fingerprint density at radius 3 is 2.62 bits per heavy atom. The zero-order valence-electron chi connectivity index (χ0n) is 8.93. The minimum Gasteiger partial charge on any atom is -0.496 e. The molecule has 0 amide bonds. The smallest absolute Gasteiger partial charge is 0.338 e. The molecule has 16 heavy (non-hydrogen) atoms. The second-order valence-electron chi connectivity index (χ2n) is 2.90. The summed E-state index contributed by atoms with van der Waals surface area (Å²) in [4.78, 5) is 21.4. The van der Waals surface area contributed by atoms with Crippen LogP contribution in [0.5, 0.6) is 5.75 Å². The van der Waals surface area contributed by atoms with Crippen molar-refractivity contribution in [3.8, 4) is 5.75 Å². The summed E-state index contributed by atoms with van der Waals surface area (Å²) < 4.78 is 9.61. The van der Waals surface area contributed by atoms with E-state index in [9.17, 15) is 14.9 Å². The van der Waals surface area contributed by atoms with Crippen LogP contribution in [0.25, 0.3) is 0 Å². The number of nitro benzene ring substituents is 1. The van der Waals surface area contributed by atoms with E-state index < -0.39 is 10.9 Å². The Kier molecular flexibility index (Phi) is 3.82. The number of hydrogen-bond donors (Lipinski definition) is 0. The molecular weight excluding hydrogens is 214 g/mol. The summed E-state index contributed by atoms with van der Waals surface area (Å²) >= 11 is 0. The molecule has 0 saturated heterocycles. The third-order valence-corrected chi connectivity index (χ3v) is 1.85. The van der Waals surface area contributed by atoms with Crippen LogP contribution in [0.2, 0.25) is 0 Å². The van der Waals surface area contributed by atoms with Gasteiger partial charge in [-0.25, -0.2) is 4.79 Å². The maximum atomic E-state index is 11.4. The lowest BCUT2D eigenvalue weighted by Crippen LogP contribution is -2.05. The lowest BCUT2D eigenvalue weighted by Gasteiger charge is -2.04. The quantitative estimate of drug-likeness (QED) is 0.443. The molecule has 0 aliphatic heterocycles. The Labute approximate surface area is 91.9 Å². The minimum atomic E-state index is -0.607. The van der Waals surface area contributed by atoms with Crippen LogP contribution in [0.4, 0.5) is 5.69 Å². The second kappa shape index (κ2) is 5.11. The number of methoxy groups -OCH3 is 1. The second-order valence-corrected chi connectivity index (χ2v) is 2.90. The highest BCUT2D eigenvalue weighted by atomic mass is 16.6. The zero-order chi connectivity index (χ0) is 12.1. The van der Waals surface area contributed by atoms with E-state index in [4.69, 9.17) is 9.47 Å². The molecule has 6 heteroatoms. The van der Waals surface area contributed by atoms with E-state index in [2.05, 4.69) is 0 Å². The third-order valence-electron chi connectivity index (χ3n) is 1.85. The average Bonchev–Trinajstić information content (AvgIpc) is 2.28. The monoisotopic (exact) mass is 225 g/mol. The fourth-order valence-corrected chi connectivity index (χ4v) is 1.14. The van der Waals surface area contributed by atoms with Crippen molar-refractivity contribution in [2.75, 3.05) is 13.7 Å². The van der Waals surface area contributed by atoms with Gasteiger partial charge in [-0.05, 0) is 13.0 Å². The summed E-state index contributed by atoms with van der Waals surface area (Å²) in [7, 11) is 1.37. The van der Waals surface area contributed by atoms with Gasteiger partial charge in [0.25, 0.3) is 5.69 Å². The molecule has 0 atom stereocenters. The highest BCUT2D eigenvalue weighted by Crippen LogP contribution is 2.22. The molecule has 0 aliphatic rings. The standard InChI is InChI=1S/C10H11NO5/c1-3-16-10(12)7-4-8(11(13)14)6-9(5-7)15-2/h4-6H,3H2,1-2H3. The number of esters is 1. The predicted octanol–water partition coefficient (Wildman–Crippen LogP) is 1.78. The number of benzene rings is 1. The number of nitro groups is 1. The van der Waals surface area contributed by atoms with Crippen molar-refractivity contribution in [1.82, 2.24) is 0 Å². The molecule has 86 valence electrons. The van der Waals surface area contributed by atoms with Crippen LogP contribution in [-0.2, 0) is 4.74 Å². The van der Waals surface area contributed by atoms with Gasteiger partial charge >= 0.3 is 5.97 Å². The highest BCUT2D eigenvalue weighted by Gasteiger charge is 2.15. The van der Waals surface area contributed by atoms with Gasteiger partial charge in [-0.3, -0.25) is 10.1 Å². The summed E-state index contributed by atoms with van der Waals surface area (Å²) in [6.07, 6.45) is 0. The SMILES string of the molecule is CCOC(=O)c1cc(OC)cc([N+](=O)[O-])c1. The fraction of sp³-hybridized carbons (Fsp3) is 0.300. The topological polar surface area (TPSA) is 78.7 Å². The number of non-ortho nitro benzene ring substituents is 1. The van der Waals surface area contributed by atoms with Crippen molar-refractivity contribution < 1.29 is 19.2 Å². The Balaban J connectivity index is 3.13. The van der Waals surface area contributed by atoms with Gasteiger partial charge in [-0.15, -0.1) is 0 Å². The maximum absolute atomic E-state index is 11.4. The Morgan fingerprint density at radius 2 is 2.12 bits per heavy atom. The Morgan fingerprint density at radius 1 is 1.44 bits per heavy atom. The van der Waals surface area contributed by atoms with Gasteiger partial charge in [0.15, 0.2) is 0 Å². The maximum Gasteiger partial charge on any atom is 0.338 e. The highest BCUT2D eigenvalue weighted by molar-refractivity contribution is 5.90. The van der Waals surface area contributed by atoms with Gasteiger partial charge in [0.2, 0.25) is 0 Å². The lowest BCUT2D eigenvalue weighted by atomic mass is 10.2. The van der Waals surface area contributed by atoms with E-state index in [0.29, 0.717) is 0 Å². The molecule has 0 saturated carbocycles. The van der Waals surface area contributed by atoms with Crippen molar-refractivity contribution >= 4 is 11.7 Å². The Hall–Kier alpha value is -2.11. The first-order valence-corrected chi connectivity index (χ1v) is 4.59. The van der Waals surface area contributed by atoms with Crippen LogP contribution in [0, 0.1) is 10.1 Å². The van der Waals surface area contributed by atoms with Crippen LogP contribution in [0.1, 0.15) is 17.3 Å². The van der Waals surface area contributed by atoms with Crippen molar-refractivity contribution in [1.29, 1.82) is 0 Å². The van der Waals surface area contributed by atoms with Crippen molar-refractivity contribution in [2.45, 2.75) is 6.92 Å². The van der Waals surface area contributed by atoms with Crippen molar-refractivity contribution in [2.24, 2.45) is 0 Å². The van der Waals surface area contributed by atoms with Gasteiger partial charge in [-0.2, -0.15) is 0 Å². The molecule has 0 unspecified atom stereocenters. The molecule has 1 aromatic rings. The van der Waals surface area contributed by atoms with Gasteiger partial charge in [-0.1, -0.05) is 0 Å². The molecule has 0 radical (unpaired) electrons. The molecule has 0 fully saturated rings. The average molecular weight is 225 g/mol. The third kappa shape index (κ3) is 2.69. The number of rotatable bonds is 4. The van der Waals surface area contributed by atoms with Crippen LogP contribution in [0.15, 0.2) is 18.2 Å². The van der Waals surface area contributed by atoms with E-state index in [1.54, 1.807) is 6.92 Å². The van der Waals surface area contributed by atoms with E-state index in [-0.39, 0.29) is 23.6 Å². The molecule has 1 rings (SSSR count). The normalized spacial score (nSPS) is 9.62. The molecule has 6 nitrogen and oxygen atoms in total. The largest absolute Gasteiger partial charge is 0.496 e. The first-order chi connectivity index (χ1) is 7.58. The summed E-state index contributed by atoms with van der Waals surface area (Å²) in [6, 6.07) is 3.79. The van der Waals surface area contributed by atoms with Crippen LogP contribution in [-0.4, -0.2) is 24.6 Å². The number of carbonyl (C=O) groups excluding carboxylic acids is 1. The predicted molar refractivity (Wildman–Crippen MR) is 55.6 cm³/mol. The molecular formula is C10H11NO5. The van der Waals surface area contributed by atoms with E-state index in [1.165, 1.54) is 19.2 Å². The zero-order valence-corrected chi connectivity index (χ0v) is 8.93. The number of nitrogens with zero attached hydrogens (tertiary/aromatic N) is 1. The van der Waals surface area contributed by atoms with E-state index >= 15 is 0 Å². The molecule has 0 aromatic heterocycles. The fourth-order valence-electron chi connectivity index (χ4n) is 1.14. The van der Waals surface area contributed by atoms with Gasteiger partial charge < -0.3 is 9.47 Å². The van der Waals surface area contributed by atoms with Gasteiger partial charge in [0, 0.05) is 6.07 Å². The van der Waals surface area contributed by atoms with Crippen LogP contribution < -0.4 is 4.74 Å². The number of hydrogen-bond acceptors (Lipinski definition) is 5. The van der Waals surface area contributed by atoms with Crippen molar-refractivity contribution in [3.63, 3.8) is 0 Å². The summed E-state index contributed by atoms with van der Waals surface area (Å²) in [6.45, 7) is 1.87. The van der Waals surface area contributed by atoms with Crippen LogP contribution in [0.3, 0.4) is 0 Å². The number of ether oxygens (including phenoxy) is 2. The van der Waals surface area contributed by atoms with Crippen molar-refractivity contribution in [3.05, 3.63) is 33.9 Å². The van der Waals surface area contributed by atoms with Crippen LogP contribution >= 0.6 is 0 Å². The van der Waals surface area contributed by atoms with Gasteiger partial charge in [0.05, 0.1) is 30.3 Å². The molecule has 0 heterocycles. The minimum absolute atomic E-state index is 0.105. The molecule has 0 spiro atoms. The van der Waals surface area contributed by atoms with E-state index in [1.807, 2.05) is 0 Å². The molecule has 0 N–H and O–H groups in total. The first-order valence-electron chi connectivity index (χ1n) is 4.59. The van der Waals surface area contributed by atoms with E-state index in [0.717, 1.165) is 6.07 Å². The molecule has 1 aromatic carbocycles. The van der Waals surface area contributed by atoms with Gasteiger partial charge in [0.1, 0.15) is 5.75 Å². The summed E-state index contributed by atoms with van der Waals surface area (Å²) in [5.74, 6) is -0.359. The Bertz CT molecular complexity index is 416. The molecule has 0 bridgehead atoms.